The van der Waals surface area contributed by atoms with Crippen LogP contribution in [0.3, 0.4) is 0 Å². The summed E-state index contributed by atoms with van der Waals surface area (Å²) in [6.45, 7) is 3.52. The number of likely N-dealkylation sites (tertiary alicyclic amines) is 1. The van der Waals surface area contributed by atoms with E-state index in [1.165, 1.54) is 16.9 Å². The number of rotatable bonds is 7. The summed E-state index contributed by atoms with van der Waals surface area (Å²) in [5.74, 6) is -4.44. The van der Waals surface area contributed by atoms with Gasteiger partial charge in [-0.1, -0.05) is 92.2 Å². The fraction of sp³-hybridized carbons (Fsp3) is 0.459. The average molecular weight is 692 g/mol. The summed E-state index contributed by atoms with van der Waals surface area (Å²) in [5, 5.41) is 13.9. The van der Waals surface area contributed by atoms with Crippen LogP contribution in [-0.2, 0) is 33.4 Å². The minimum absolute atomic E-state index is 0.0584. The second-order valence-corrected chi connectivity index (χ2v) is 13.7. The number of benzene rings is 2. The van der Waals surface area contributed by atoms with Crippen molar-refractivity contribution in [3.63, 3.8) is 0 Å². The minimum atomic E-state index is -1.58. The first-order valence-corrected chi connectivity index (χ1v) is 17.1. The summed E-state index contributed by atoms with van der Waals surface area (Å²) in [6.07, 6.45) is 5.53. The second kappa shape index (κ2) is 14.4. The number of carbonyl (C=O) groups excluding carboxylic acids is 4. The molecule has 12 heteroatoms. The normalized spacial score (nSPS) is 31.6. The van der Waals surface area contributed by atoms with E-state index in [0.717, 1.165) is 0 Å². The SMILES string of the molecule is COC[C@H]1NC(=O)CC/C=C\[C@H]2O[C@]34C=CCN(c5ccccc5Cl)C(=O)[C@H]3N([C@@H](CO)C(C)C)C(=O)[C@@H]4[C@H]2C(=O)O[C@@H]1c1ccccc1. The molecular formula is C37H42ClN3O8. The zero-order chi connectivity index (χ0) is 34.9. The van der Waals surface area contributed by atoms with Crippen LogP contribution < -0.4 is 10.2 Å². The number of cyclic esters (lactones) is 1. The number of anilines is 1. The van der Waals surface area contributed by atoms with Gasteiger partial charge in [-0.2, -0.15) is 0 Å². The molecule has 0 aromatic heterocycles. The number of amides is 3. The van der Waals surface area contributed by atoms with Crippen LogP contribution in [0.4, 0.5) is 5.69 Å². The number of aliphatic hydroxyl groups is 1. The van der Waals surface area contributed by atoms with Crippen LogP contribution >= 0.6 is 11.6 Å². The monoisotopic (exact) mass is 691 g/mol. The summed E-state index contributed by atoms with van der Waals surface area (Å²) in [4.78, 5) is 60.2. The van der Waals surface area contributed by atoms with Crippen LogP contribution in [0.15, 0.2) is 78.9 Å². The zero-order valence-corrected chi connectivity index (χ0v) is 28.5. The molecule has 4 aliphatic heterocycles. The van der Waals surface area contributed by atoms with Crippen molar-refractivity contribution in [2.75, 3.05) is 31.8 Å². The topological polar surface area (TPSA) is 135 Å². The molecule has 0 radical (unpaired) electrons. The summed E-state index contributed by atoms with van der Waals surface area (Å²) in [7, 11) is 1.50. The van der Waals surface area contributed by atoms with Gasteiger partial charge in [0.05, 0.1) is 48.0 Å². The second-order valence-electron chi connectivity index (χ2n) is 13.2. The molecule has 4 heterocycles. The van der Waals surface area contributed by atoms with Gasteiger partial charge in [0.25, 0.3) is 5.91 Å². The third kappa shape index (κ3) is 6.29. The molecule has 8 atom stereocenters. The van der Waals surface area contributed by atoms with E-state index in [0.29, 0.717) is 22.7 Å². The zero-order valence-electron chi connectivity index (χ0n) is 27.7. The molecule has 3 amide bonds. The van der Waals surface area contributed by atoms with Gasteiger partial charge in [0, 0.05) is 20.1 Å². The number of ether oxygens (including phenoxy) is 3. The van der Waals surface area contributed by atoms with Crippen LogP contribution in [0.25, 0.3) is 0 Å². The summed E-state index contributed by atoms with van der Waals surface area (Å²) in [6, 6.07) is 13.3. The Kier molecular flexibility index (Phi) is 10.3. The van der Waals surface area contributed by atoms with Gasteiger partial charge in [0.15, 0.2) is 0 Å². The fourth-order valence-electron chi connectivity index (χ4n) is 7.69. The Morgan fingerprint density at radius 1 is 1.04 bits per heavy atom. The van der Waals surface area contributed by atoms with Crippen molar-refractivity contribution in [2.24, 2.45) is 17.8 Å². The Bertz CT molecular complexity index is 1630. The Morgan fingerprint density at radius 2 is 1.78 bits per heavy atom. The molecule has 0 saturated carbocycles. The van der Waals surface area contributed by atoms with E-state index in [1.54, 1.807) is 72.8 Å². The van der Waals surface area contributed by atoms with Crippen molar-refractivity contribution in [1.82, 2.24) is 10.2 Å². The van der Waals surface area contributed by atoms with Crippen LogP contribution in [0.2, 0.25) is 5.02 Å². The van der Waals surface area contributed by atoms with Gasteiger partial charge in [-0.05, 0) is 30.0 Å². The lowest BCUT2D eigenvalue weighted by molar-refractivity contribution is -0.163. The van der Waals surface area contributed by atoms with E-state index >= 15 is 0 Å². The lowest BCUT2D eigenvalue weighted by Crippen LogP contribution is -2.59. The number of fused-ring (bicyclic) bond motifs is 2. The fourth-order valence-corrected chi connectivity index (χ4v) is 7.93. The number of nitrogens with zero attached hydrogens (tertiary/aromatic N) is 2. The molecule has 0 bridgehead atoms. The molecule has 2 aromatic rings. The van der Waals surface area contributed by atoms with Crippen molar-refractivity contribution in [1.29, 1.82) is 0 Å². The lowest BCUT2D eigenvalue weighted by atomic mass is 9.77. The number of hydrogen-bond acceptors (Lipinski definition) is 8. The highest BCUT2D eigenvalue weighted by atomic mass is 35.5. The molecular weight excluding hydrogens is 650 g/mol. The van der Waals surface area contributed by atoms with Gasteiger partial charge in [0.2, 0.25) is 11.8 Å². The molecule has 2 aromatic carbocycles. The molecule has 2 fully saturated rings. The van der Waals surface area contributed by atoms with Gasteiger partial charge in [-0.15, -0.1) is 0 Å². The van der Waals surface area contributed by atoms with Crippen LogP contribution in [0.1, 0.15) is 38.4 Å². The van der Waals surface area contributed by atoms with Gasteiger partial charge in [-0.25, -0.2) is 0 Å². The standard InChI is InChI=1S/C37H42ClN3O8/c1-22(2)27(20-42)41-33-35(45)40(26-15-8-7-14-24(26)38)19-11-18-37(33)31(34(41)44)30-28(49-37)16-9-10-17-29(43)39-25(21-47-3)32(48-36(30)46)23-12-5-4-6-13-23/h4-9,11-16,18,22,25,27-28,30-33,42H,10,17,19-21H2,1-3H3,(H,39,43)/b16-9-/t25-,27+,28-,30+,31+,32-,33-,37+/m1/s1. The van der Waals surface area contributed by atoms with E-state index in [4.69, 9.17) is 25.8 Å². The van der Waals surface area contributed by atoms with Gasteiger partial charge >= 0.3 is 5.97 Å². The Balaban J connectivity index is 1.48. The summed E-state index contributed by atoms with van der Waals surface area (Å²) >= 11 is 6.58. The maximum Gasteiger partial charge on any atom is 0.313 e. The smallest absolute Gasteiger partial charge is 0.313 e. The number of hydrogen-bond donors (Lipinski definition) is 2. The summed E-state index contributed by atoms with van der Waals surface area (Å²) < 4.78 is 18.6. The van der Waals surface area contributed by atoms with Gasteiger partial charge in [0.1, 0.15) is 23.7 Å². The predicted octanol–water partition coefficient (Wildman–Crippen LogP) is 3.61. The molecule has 49 heavy (non-hydrogen) atoms. The third-order valence-corrected chi connectivity index (χ3v) is 10.3. The van der Waals surface area contributed by atoms with E-state index in [9.17, 15) is 24.3 Å². The molecule has 260 valence electrons. The average Bonchev–Trinajstić information content (AvgIpc) is 3.47. The van der Waals surface area contributed by atoms with Crippen LogP contribution in [0, 0.1) is 17.8 Å². The number of nitrogens with one attached hydrogen (secondary N) is 1. The van der Waals surface area contributed by atoms with Gasteiger partial charge < -0.3 is 34.4 Å². The van der Waals surface area contributed by atoms with Crippen LogP contribution in [-0.4, -0.2) is 90.4 Å². The number of halogens is 1. The Hall–Kier alpha value is -4.03. The summed E-state index contributed by atoms with van der Waals surface area (Å²) in [5.41, 5.74) is -0.478. The van der Waals surface area contributed by atoms with E-state index in [-0.39, 0.29) is 31.4 Å². The number of methoxy groups -OCH3 is 1. The number of allylic oxidation sites excluding steroid dienone is 1. The Morgan fingerprint density at radius 3 is 2.47 bits per heavy atom. The number of para-hydroxylation sites is 1. The van der Waals surface area contributed by atoms with Crippen molar-refractivity contribution < 1.29 is 38.5 Å². The first-order chi connectivity index (χ1) is 23.6. The van der Waals surface area contributed by atoms with Crippen LogP contribution in [0.5, 0.6) is 0 Å². The van der Waals surface area contributed by atoms with E-state index in [2.05, 4.69) is 5.32 Å². The number of esters is 1. The van der Waals surface area contributed by atoms with E-state index in [1.807, 2.05) is 19.9 Å². The highest BCUT2D eigenvalue weighted by Gasteiger charge is 2.73. The maximum absolute atomic E-state index is 14.9. The highest BCUT2D eigenvalue weighted by Crippen LogP contribution is 2.54. The largest absolute Gasteiger partial charge is 0.455 e. The molecule has 0 unspecified atom stereocenters. The first-order valence-electron chi connectivity index (χ1n) is 16.7. The predicted molar refractivity (Wildman–Crippen MR) is 181 cm³/mol. The quantitative estimate of drug-likeness (QED) is 0.332. The molecule has 2 saturated heterocycles. The lowest BCUT2D eigenvalue weighted by Gasteiger charge is -2.40. The van der Waals surface area contributed by atoms with Crippen molar-refractivity contribution >= 4 is 41.0 Å². The van der Waals surface area contributed by atoms with Crippen molar-refractivity contribution in [3.8, 4) is 0 Å². The Labute approximate surface area is 290 Å². The van der Waals surface area contributed by atoms with Gasteiger partial charge in [-0.3, -0.25) is 19.2 Å². The third-order valence-electron chi connectivity index (χ3n) is 9.95. The van der Waals surface area contributed by atoms with E-state index < -0.39 is 72.2 Å². The molecule has 6 rings (SSSR count). The molecule has 2 N–H and O–H groups in total. The number of aliphatic hydroxyl groups excluding tert-OH is 1. The van der Waals surface area contributed by atoms with Crippen molar-refractivity contribution in [3.05, 3.63) is 89.5 Å². The molecule has 1 spiro atoms. The minimum Gasteiger partial charge on any atom is -0.455 e. The molecule has 4 aliphatic rings. The number of carbonyl (C=O) groups is 4. The maximum atomic E-state index is 14.9. The molecule has 11 nitrogen and oxygen atoms in total. The first kappa shape index (κ1) is 34.8. The highest BCUT2D eigenvalue weighted by molar-refractivity contribution is 6.34. The van der Waals surface area contributed by atoms with Crippen molar-refractivity contribution in [2.45, 2.75) is 62.6 Å². The molecule has 0 aliphatic carbocycles.